The number of anilines is 2. The van der Waals surface area contributed by atoms with Crippen molar-refractivity contribution in [2.75, 3.05) is 11.5 Å². The molecule has 0 spiro atoms. The minimum absolute atomic E-state index is 0.378. The van der Waals surface area contributed by atoms with Crippen LogP contribution in [0.2, 0.25) is 0 Å². The van der Waals surface area contributed by atoms with Gasteiger partial charge in [0.25, 0.3) is 0 Å². The van der Waals surface area contributed by atoms with E-state index in [4.69, 9.17) is 11.5 Å². The molecular formula is C21H21N7O2. The van der Waals surface area contributed by atoms with Crippen LogP contribution in [-0.4, -0.2) is 46.9 Å². The Bertz CT molecular complexity index is 1280. The molecule has 3 atom stereocenters. The first-order valence-electron chi connectivity index (χ1n) is 9.66. The first-order chi connectivity index (χ1) is 14.5. The molecule has 3 heterocycles. The van der Waals surface area contributed by atoms with Crippen LogP contribution in [0.1, 0.15) is 18.0 Å². The van der Waals surface area contributed by atoms with E-state index in [1.807, 2.05) is 41.1 Å². The van der Waals surface area contributed by atoms with Crippen LogP contribution in [0.3, 0.4) is 0 Å². The van der Waals surface area contributed by atoms with Crippen LogP contribution < -0.4 is 11.5 Å². The first kappa shape index (κ1) is 18.5. The molecule has 6 N–H and O–H groups in total. The van der Waals surface area contributed by atoms with Gasteiger partial charge < -0.3 is 26.2 Å². The highest BCUT2D eigenvalue weighted by molar-refractivity contribution is 5.86. The molecule has 9 heteroatoms. The number of nitrogens with zero attached hydrogens (tertiary/aromatic N) is 5. The fourth-order valence-electron chi connectivity index (χ4n) is 4.05. The van der Waals surface area contributed by atoms with Crippen LogP contribution in [0, 0.1) is 0 Å². The first-order valence-corrected chi connectivity index (χ1v) is 9.66. The van der Waals surface area contributed by atoms with Gasteiger partial charge in [0, 0.05) is 6.20 Å². The highest BCUT2D eigenvalue weighted by Crippen LogP contribution is 2.34. The summed E-state index contributed by atoms with van der Waals surface area (Å²) in [6.07, 6.45) is 6.03. The molecule has 0 amide bonds. The van der Waals surface area contributed by atoms with Gasteiger partial charge in [0.1, 0.15) is 35.8 Å². The molecule has 0 aliphatic heterocycles. The Balaban J connectivity index is 1.40. The molecule has 30 heavy (non-hydrogen) atoms. The van der Waals surface area contributed by atoms with Crippen LogP contribution in [0.4, 0.5) is 11.6 Å². The number of nitrogens with two attached hydrogens (primary N) is 2. The summed E-state index contributed by atoms with van der Waals surface area (Å²) in [5.74, 6) is 0.763. The van der Waals surface area contributed by atoms with Gasteiger partial charge in [0.05, 0.1) is 28.7 Å². The molecule has 0 bridgehead atoms. The summed E-state index contributed by atoms with van der Waals surface area (Å²) in [5, 5.41) is 22.0. The molecule has 5 rings (SSSR count). The zero-order valence-electron chi connectivity index (χ0n) is 16.1. The summed E-state index contributed by atoms with van der Waals surface area (Å²) in [6, 6.07) is 7.24. The highest BCUT2D eigenvalue weighted by Gasteiger charge is 2.36. The standard InChI is InChI=1S/C21H21N7O2/c22-17-9-24-14-4-2-11(7-15(14)27-17)1-3-12-8-16(19(30)18(12)29)28-6-5-13-20(23)25-10-26-21(13)28/h2,4-10,16,18-19,29-30H,1,3H2,(H2,22,27)(H2,23,25,26). The van der Waals surface area contributed by atoms with Gasteiger partial charge in [0.2, 0.25) is 0 Å². The quantitative estimate of drug-likeness (QED) is 0.373. The van der Waals surface area contributed by atoms with E-state index in [0.717, 1.165) is 27.6 Å². The average Bonchev–Trinajstić information content (AvgIpc) is 3.29. The minimum atomic E-state index is -0.964. The molecule has 1 aromatic carbocycles. The monoisotopic (exact) mass is 403 g/mol. The molecule has 1 aliphatic carbocycles. The van der Waals surface area contributed by atoms with Gasteiger partial charge in [0.15, 0.2) is 0 Å². The third-order valence-corrected chi connectivity index (χ3v) is 5.63. The van der Waals surface area contributed by atoms with Gasteiger partial charge in [-0.05, 0) is 42.2 Å². The summed E-state index contributed by atoms with van der Waals surface area (Å²) >= 11 is 0. The van der Waals surface area contributed by atoms with E-state index in [2.05, 4.69) is 19.9 Å². The molecule has 3 aromatic heterocycles. The van der Waals surface area contributed by atoms with Gasteiger partial charge >= 0.3 is 0 Å². The van der Waals surface area contributed by atoms with E-state index in [9.17, 15) is 10.2 Å². The Morgan fingerprint density at radius 3 is 2.73 bits per heavy atom. The van der Waals surface area contributed by atoms with E-state index in [1.54, 1.807) is 0 Å². The van der Waals surface area contributed by atoms with Crippen molar-refractivity contribution < 1.29 is 10.2 Å². The van der Waals surface area contributed by atoms with Crippen molar-refractivity contribution in [3.63, 3.8) is 0 Å². The SMILES string of the molecule is Nc1cnc2ccc(CCC3=CC(n4ccc5c(N)ncnc54)C(O)C3O)cc2n1. The highest BCUT2D eigenvalue weighted by atomic mass is 16.3. The molecule has 0 saturated carbocycles. The second kappa shape index (κ2) is 7.05. The maximum absolute atomic E-state index is 10.7. The maximum Gasteiger partial charge on any atom is 0.146 e. The summed E-state index contributed by atoms with van der Waals surface area (Å²) in [7, 11) is 0. The number of aromatic nitrogens is 5. The lowest BCUT2D eigenvalue weighted by atomic mass is 10.0. The molecule has 1 aliphatic rings. The zero-order valence-corrected chi connectivity index (χ0v) is 16.1. The van der Waals surface area contributed by atoms with Gasteiger partial charge in [-0.25, -0.2) is 15.0 Å². The van der Waals surface area contributed by atoms with Crippen LogP contribution in [-0.2, 0) is 6.42 Å². The Kier molecular flexibility index (Phi) is 4.34. The summed E-state index contributed by atoms with van der Waals surface area (Å²) in [5.41, 5.74) is 15.6. The third-order valence-electron chi connectivity index (χ3n) is 5.63. The fourth-order valence-corrected chi connectivity index (χ4v) is 4.05. The van der Waals surface area contributed by atoms with Crippen molar-refractivity contribution in [1.29, 1.82) is 0 Å². The Morgan fingerprint density at radius 2 is 1.87 bits per heavy atom. The number of benzene rings is 1. The van der Waals surface area contributed by atoms with Crippen molar-refractivity contribution in [2.45, 2.75) is 31.1 Å². The van der Waals surface area contributed by atoms with Crippen molar-refractivity contribution in [3.05, 3.63) is 60.2 Å². The molecule has 152 valence electrons. The van der Waals surface area contributed by atoms with Crippen LogP contribution >= 0.6 is 0 Å². The molecule has 4 aromatic rings. The van der Waals surface area contributed by atoms with Crippen LogP contribution in [0.5, 0.6) is 0 Å². The number of aliphatic hydroxyl groups excluding tert-OH is 2. The van der Waals surface area contributed by atoms with Crippen molar-refractivity contribution in [3.8, 4) is 0 Å². The van der Waals surface area contributed by atoms with Crippen molar-refractivity contribution >= 4 is 33.7 Å². The number of hydrogen-bond acceptors (Lipinski definition) is 8. The predicted molar refractivity (Wildman–Crippen MR) is 113 cm³/mol. The molecular weight excluding hydrogens is 382 g/mol. The number of hydrogen-bond donors (Lipinski definition) is 4. The lowest BCUT2D eigenvalue weighted by molar-refractivity contribution is 0.0317. The number of aliphatic hydroxyl groups is 2. The second-order valence-corrected chi connectivity index (χ2v) is 7.50. The van der Waals surface area contributed by atoms with E-state index < -0.39 is 18.2 Å². The Hall–Kier alpha value is -3.56. The topological polar surface area (TPSA) is 149 Å². The molecule has 9 nitrogen and oxygen atoms in total. The number of nitrogen functional groups attached to an aromatic ring is 2. The predicted octanol–water partition coefficient (Wildman–Crippen LogP) is 1.37. The number of fused-ring (bicyclic) bond motifs is 2. The number of rotatable bonds is 4. The fraction of sp³-hybridized carbons (Fsp3) is 0.238. The van der Waals surface area contributed by atoms with E-state index in [-0.39, 0.29) is 0 Å². The second-order valence-electron chi connectivity index (χ2n) is 7.50. The third kappa shape index (κ3) is 3.04. The lowest BCUT2D eigenvalue weighted by Gasteiger charge is -2.19. The molecule has 0 fully saturated rings. The van der Waals surface area contributed by atoms with Gasteiger partial charge in [-0.15, -0.1) is 0 Å². The minimum Gasteiger partial charge on any atom is -0.388 e. The van der Waals surface area contributed by atoms with Crippen molar-refractivity contribution in [1.82, 2.24) is 24.5 Å². The van der Waals surface area contributed by atoms with Gasteiger partial charge in [-0.1, -0.05) is 12.1 Å². The lowest BCUT2D eigenvalue weighted by Crippen LogP contribution is -2.29. The van der Waals surface area contributed by atoms with E-state index >= 15 is 0 Å². The van der Waals surface area contributed by atoms with E-state index in [0.29, 0.717) is 30.1 Å². The Labute approximate surface area is 171 Å². The normalized spacial score (nSPS) is 21.4. The Morgan fingerprint density at radius 1 is 1.00 bits per heavy atom. The average molecular weight is 403 g/mol. The van der Waals surface area contributed by atoms with Crippen LogP contribution in [0.25, 0.3) is 22.1 Å². The molecule has 0 saturated heterocycles. The molecule has 3 unspecified atom stereocenters. The summed E-state index contributed by atoms with van der Waals surface area (Å²) < 4.78 is 1.82. The maximum atomic E-state index is 10.7. The van der Waals surface area contributed by atoms with E-state index in [1.165, 1.54) is 12.5 Å². The van der Waals surface area contributed by atoms with Gasteiger partial charge in [-0.2, -0.15) is 0 Å². The summed E-state index contributed by atoms with van der Waals surface area (Å²) in [6.45, 7) is 0. The zero-order chi connectivity index (χ0) is 20.8. The van der Waals surface area contributed by atoms with Crippen LogP contribution in [0.15, 0.2) is 54.6 Å². The molecule has 0 radical (unpaired) electrons. The smallest absolute Gasteiger partial charge is 0.146 e. The number of aryl methyl sites for hydroxylation is 1. The van der Waals surface area contributed by atoms with Gasteiger partial charge in [-0.3, -0.25) is 4.98 Å². The largest absolute Gasteiger partial charge is 0.388 e. The van der Waals surface area contributed by atoms with Crippen molar-refractivity contribution in [2.24, 2.45) is 0 Å². The summed E-state index contributed by atoms with van der Waals surface area (Å²) in [4.78, 5) is 16.8.